The maximum Gasteiger partial charge on any atom is 0.257 e. The molecule has 2 aliphatic rings. The van der Waals surface area contributed by atoms with Crippen molar-refractivity contribution in [3.8, 4) is 23.1 Å². The molecule has 5 heterocycles. The van der Waals surface area contributed by atoms with Crippen LogP contribution in [-0.2, 0) is 0 Å². The summed E-state index contributed by atoms with van der Waals surface area (Å²) < 4.78 is 2.17. The van der Waals surface area contributed by atoms with Crippen LogP contribution in [0.3, 0.4) is 0 Å². The van der Waals surface area contributed by atoms with E-state index in [0.29, 0.717) is 17.2 Å². The fourth-order valence-corrected chi connectivity index (χ4v) is 6.19. The Kier molecular flexibility index (Phi) is 5.52. The summed E-state index contributed by atoms with van der Waals surface area (Å²) in [6.45, 7) is 4.75. The van der Waals surface area contributed by atoms with E-state index in [1.54, 1.807) is 12.3 Å². The number of aromatic nitrogens is 4. The molecule has 9 heteroatoms. The SMILES string of the molecule is CC#CC1=Pc2cnc(N)c3c(-c4ccc(C(=O)Nc5ccccn5)c(C)c4)nc(n23)[C@@H]2CCCN12. The first-order valence-corrected chi connectivity index (χ1v) is 12.7. The van der Waals surface area contributed by atoms with E-state index >= 15 is 0 Å². The van der Waals surface area contributed by atoms with E-state index in [-0.39, 0.29) is 11.9 Å². The van der Waals surface area contributed by atoms with Gasteiger partial charge in [0.25, 0.3) is 5.91 Å². The lowest BCUT2D eigenvalue weighted by Gasteiger charge is -2.20. The first-order valence-electron chi connectivity index (χ1n) is 11.8. The monoisotopic (exact) mass is 493 g/mol. The van der Waals surface area contributed by atoms with E-state index in [0.717, 1.165) is 66.6 Å². The molecule has 0 unspecified atom stereocenters. The number of rotatable bonds is 3. The number of benzene rings is 1. The number of nitrogens with zero attached hydrogens (tertiary/aromatic N) is 5. The molecule has 4 aromatic rings. The summed E-state index contributed by atoms with van der Waals surface area (Å²) in [4.78, 5) is 29.1. The van der Waals surface area contributed by atoms with Crippen LogP contribution in [-0.4, -0.2) is 42.1 Å². The Morgan fingerprint density at radius 3 is 2.92 bits per heavy atom. The van der Waals surface area contributed by atoms with Crippen LogP contribution >= 0.6 is 8.20 Å². The Hall–Kier alpha value is -4.05. The van der Waals surface area contributed by atoms with Crippen LogP contribution in [0.25, 0.3) is 16.8 Å². The lowest BCUT2D eigenvalue weighted by Crippen LogP contribution is -2.28. The van der Waals surface area contributed by atoms with Crippen molar-refractivity contribution in [2.45, 2.75) is 32.7 Å². The van der Waals surface area contributed by atoms with Crippen molar-refractivity contribution in [1.29, 1.82) is 0 Å². The second-order valence-corrected chi connectivity index (χ2v) is 9.97. The standard InChI is InChI=1S/C27H24N7OP/c1-3-7-21-33-13-6-8-19(33)26-32-23(24-25(28)30-15-22(36-21)34(24)26)17-10-11-18(16(2)14-17)27(35)31-20-9-4-5-12-29-20/h4-5,9-12,14-15,19H,6,8,13H2,1-2H3,(H2,28,30)(H,29,31,35)/t19-/m0/s1. The third kappa shape index (κ3) is 3.65. The van der Waals surface area contributed by atoms with E-state index in [2.05, 4.69) is 36.4 Å². The number of fused-ring (bicyclic) bond motifs is 2. The molecule has 1 saturated heterocycles. The minimum atomic E-state index is -0.202. The Morgan fingerprint density at radius 2 is 2.14 bits per heavy atom. The molecule has 0 saturated carbocycles. The van der Waals surface area contributed by atoms with Crippen LogP contribution in [0.2, 0.25) is 0 Å². The molecule has 178 valence electrons. The molecule has 0 bridgehead atoms. The van der Waals surface area contributed by atoms with E-state index in [1.165, 1.54) is 0 Å². The summed E-state index contributed by atoms with van der Waals surface area (Å²) in [6, 6.07) is 11.3. The van der Waals surface area contributed by atoms with Gasteiger partial charge in [0, 0.05) is 23.9 Å². The van der Waals surface area contributed by atoms with Gasteiger partial charge in [0.1, 0.15) is 28.7 Å². The number of imidazole rings is 1. The average Bonchev–Trinajstić information content (AvgIpc) is 3.49. The zero-order chi connectivity index (χ0) is 24.8. The molecule has 1 fully saturated rings. The highest BCUT2D eigenvalue weighted by atomic mass is 31.1. The molecule has 3 N–H and O–H groups in total. The van der Waals surface area contributed by atoms with Crippen molar-refractivity contribution in [1.82, 2.24) is 24.3 Å². The minimum Gasteiger partial charge on any atom is -0.382 e. The number of carbonyl (C=O) groups excluding carboxylic acids is 1. The maximum absolute atomic E-state index is 12.9. The summed E-state index contributed by atoms with van der Waals surface area (Å²) in [6.07, 6.45) is 5.58. The fraction of sp³-hybridized carbons (Fsp3) is 0.222. The van der Waals surface area contributed by atoms with Gasteiger partial charge in [0.05, 0.1) is 23.1 Å². The second-order valence-electron chi connectivity index (χ2n) is 8.86. The van der Waals surface area contributed by atoms with Gasteiger partial charge in [0.15, 0.2) is 0 Å². The van der Waals surface area contributed by atoms with Gasteiger partial charge in [-0.05, 0) is 70.6 Å². The number of pyridine rings is 1. The van der Waals surface area contributed by atoms with Crippen molar-refractivity contribution < 1.29 is 4.79 Å². The fourth-order valence-electron chi connectivity index (χ4n) is 5.01. The number of carbonyl (C=O) groups is 1. The topological polar surface area (TPSA) is 101 Å². The molecule has 36 heavy (non-hydrogen) atoms. The molecule has 3 aromatic heterocycles. The molecule has 8 nitrogen and oxygen atoms in total. The number of amides is 1. The van der Waals surface area contributed by atoms with Crippen LogP contribution in [0.4, 0.5) is 11.6 Å². The lowest BCUT2D eigenvalue weighted by molar-refractivity contribution is 0.102. The van der Waals surface area contributed by atoms with Gasteiger partial charge in [-0.1, -0.05) is 18.1 Å². The lowest BCUT2D eigenvalue weighted by atomic mass is 10.0. The normalized spacial score (nSPS) is 17.1. The first kappa shape index (κ1) is 22.4. The molecular formula is C27H24N7OP. The zero-order valence-electron chi connectivity index (χ0n) is 20.0. The summed E-state index contributed by atoms with van der Waals surface area (Å²) in [5.74, 6) is 8.09. The molecule has 0 spiro atoms. The number of hydrogen-bond donors (Lipinski definition) is 2. The predicted molar refractivity (Wildman–Crippen MR) is 143 cm³/mol. The average molecular weight is 494 g/mol. The molecular weight excluding hydrogens is 469 g/mol. The summed E-state index contributed by atoms with van der Waals surface area (Å²) in [5, 5.41) is 2.85. The van der Waals surface area contributed by atoms with Crippen LogP contribution in [0.1, 0.15) is 47.6 Å². The molecule has 1 aromatic carbocycles. The van der Waals surface area contributed by atoms with Crippen molar-refractivity contribution >= 4 is 42.1 Å². The number of nitrogens with one attached hydrogen (secondary N) is 1. The van der Waals surface area contributed by atoms with Crippen molar-refractivity contribution in [3.63, 3.8) is 0 Å². The predicted octanol–water partition coefficient (Wildman–Crippen LogP) is 3.81. The van der Waals surface area contributed by atoms with Crippen molar-refractivity contribution in [2.24, 2.45) is 0 Å². The summed E-state index contributed by atoms with van der Waals surface area (Å²) >= 11 is 0. The van der Waals surface area contributed by atoms with Gasteiger partial charge in [-0.3, -0.25) is 14.1 Å². The first-order chi connectivity index (χ1) is 17.5. The molecule has 0 radical (unpaired) electrons. The van der Waals surface area contributed by atoms with Gasteiger partial charge in [-0.25, -0.2) is 15.0 Å². The zero-order valence-corrected chi connectivity index (χ0v) is 20.9. The van der Waals surface area contributed by atoms with Gasteiger partial charge in [0.2, 0.25) is 0 Å². The number of aryl methyl sites for hydroxylation is 1. The Morgan fingerprint density at radius 1 is 1.25 bits per heavy atom. The minimum absolute atomic E-state index is 0.141. The van der Waals surface area contributed by atoms with Crippen molar-refractivity contribution in [3.05, 3.63) is 65.7 Å². The number of nitrogens with two attached hydrogens (primary N) is 1. The summed E-state index contributed by atoms with van der Waals surface area (Å²) in [5.41, 5.74) is 12.4. The van der Waals surface area contributed by atoms with E-state index in [4.69, 9.17) is 10.7 Å². The number of hydrogen-bond acceptors (Lipinski definition) is 6. The highest BCUT2D eigenvalue weighted by Gasteiger charge is 2.35. The van der Waals surface area contributed by atoms with Gasteiger partial charge >= 0.3 is 0 Å². The third-order valence-corrected chi connectivity index (χ3v) is 7.75. The quantitative estimate of drug-likeness (QED) is 0.333. The van der Waals surface area contributed by atoms with Gasteiger partial charge < -0.3 is 11.1 Å². The number of nitrogen functional groups attached to an aromatic ring is 1. The highest BCUT2D eigenvalue weighted by molar-refractivity contribution is 7.49. The largest absolute Gasteiger partial charge is 0.382 e. The van der Waals surface area contributed by atoms with Gasteiger partial charge in [-0.2, -0.15) is 0 Å². The van der Waals surface area contributed by atoms with Gasteiger partial charge in [-0.15, -0.1) is 0 Å². The molecule has 1 atom stereocenters. The van der Waals surface area contributed by atoms with Crippen LogP contribution in [0.5, 0.6) is 0 Å². The molecule has 2 aliphatic heterocycles. The Balaban J connectivity index is 1.46. The summed E-state index contributed by atoms with van der Waals surface area (Å²) in [7, 11) is 0.998. The number of anilines is 2. The molecule has 0 aliphatic carbocycles. The van der Waals surface area contributed by atoms with Crippen LogP contribution in [0, 0.1) is 18.8 Å². The maximum atomic E-state index is 12.9. The van der Waals surface area contributed by atoms with E-state index in [1.807, 2.05) is 50.4 Å². The Labute approximate surface area is 210 Å². The Bertz CT molecular complexity index is 1610. The van der Waals surface area contributed by atoms with E-state index < -0.39 is 0 Å². The van der Waals surface area contributed by atoms with Crippen molar-refractivity contribution in [2.75, 3.05) is 17.6 Å². The van der Waals surface area contributed by atoms with Crippen LogP contribution in [0.15, 0.2) is 48.8 Å². The smallest absolute Gasteiger partial charge is 0.257 e. The molecule has 6 rings (SSSR count). The molecule has 1 amide bonds. The second kappa shape index (κ2) is 8.87. The highest BCUT2D eigenvalue weighted by Crippen LogP contribution is 2.39. The van der Waals surface area contributed by atoms with Crippen LogP contribution < -0.4 is 16.5 Å². The third-order valence-electron chi connectivity index (χ3n) is 6.63. The van der Waals surface area contributed by atoms with E-state index in [9.17, 15) is 4.79 Å².